The van der Waals surface area contributed by atoms with Crippen molar-refractivity contribution in [1.82, 2.24) is 9.88 Å². The Balaban J connectivity index is 1.89. The number of aryl methyl sites for hydroxylation is 2. The molecule has 3 heteroatoms. The molecule has 2 aromatic rings. The van der Waals surface area contributed by atoms with Crippen molar-refractivity contribution in [2.45, 2.75) is 46.6 Å². The molecule has 0 aliphatic carbocycles. The molecule has 0 bridgehead atoms. The molecule has 0 spiro atoms. The van der Waals surface area contributed by atoms with Crippen LogP contribution in [0.4, 0.5) is 0 Å². The Morgan fingerprint density at radius 1 is 1.18 bits per heavy atom. The summed E-state index contributed by atoms with van der Waals surface area (Å²) in [4.78, 5) is 12.3. The van der Waals surface area contributed by atoms with Gasteiger partial charge in [-0.25, -0.2) is 0 Å². The fourth-order valence-corrected chi connectivity index (χ4v) is 3.04. The van der Waals surface area contributed by atoms with Crippen LogP contribution in [0.2, 0.25) is 0 Å². The fraction of sp³-hybridized carbons (Fsp3) is 0.421. The van der Waals surface area contributed by atoms with E-state index in [1.165, 1.54) is 5.56 Å². The molecule has 3 nitrogen and oxygen atoms in total. The number of nitrogens with zero attached hydrogens (tertiary/aromatic N) is 1. The highest BCUT2D eigenvalue weighted by Gasteiger charge is 2.16. The predicted molar refractivity (Wildman–Crippen MR) is 91.4 cm³/mol. The third-order valence-electron chi connectivity index (χ3n) is 4.02. The highest BCUT2D eigenvalue weighted by atomic mass is 16.1. The molecule has 22 heavy (non-hydrogen) atoms. The summed E-state index contributed by atoms with van der Waals surface area (Å²) >= 11 is 0. The molecular weight excluding hydrogens is 272 g/mol. The van der Waals surface area contributed by atoms with Gasteiger partial charge in [-0.15, -0.1) is 0 Å². The van der Waals surface area contributed by atoms with Crippen LogP contribution in [0.5, 0.6) is 0 Å². The largest absolute Gasteiger partial charge is 0.352 e. The van der Waals surface area contributed by atoms with Gasteiger partial charge in [0.2, 0.25) is 0 Å². The van der Waals surface area contributed by atoms with E-state index in [-0.39, 0.29) is 5.91 Å². The fourth-order valence-electron chi connectivity index (χ4n) is 3.04. The summed E-state index contributed by atoms with van der Waals surface area (Å²) in [6.45, 7) is 9.06. The van der Waals surface area contributed by atoms with Gasteiger partial charge in [-0.3, -0.25) is 4.79 Å². The van der Waals surface area contributed by atoms with Crippen molar-refractivity contribution in [3.8, 4) is 0 Å². The average Bonchev–Trinajstić information content (AvgIpc) is 2.79. The molecule has 1 N–H and O–H groups in total. The minimum atomic E-state index is 0.0352. The van der Waals surface area contributed by atoms with E-state index in [0.29, 0.717) is 12.6 Å². The summed E-state index contributed by atoms with van der Waals surface area (Å²) in [6.07, 6.45) is 1.95. The standard InChI is InChI=1S/C19H26N2O/c1-14(2)21-15(3)13-18(16(21)4)19(22)20-12-8-11-17-9-6-5-7-10-17/h5-7,9-10,13-14H,8,11-12H2,1-4H3,(H,20,22). The number of nitrogens with one attached hydrogen (secondary N) is 1. The molecule has 0 saturated carbocycles. The Labute approximate surface area is 133 Å². The van der Waals surface area contributed by atoms with Gasteiger partial charge >= 0.3 is 0 Å². The maximum Gasteiger partial charge on any atom is 0.253 e. The van der Waals surface area contributed by atoms with Crippen LogP contribution >= 0.6 is 0 Å². The number of hydrogen-bond donors (Lipinski definition) is 1. The first-order valence-corrected chi connectivity index (χ1v) is 8.01. The number of carbonyl (C=O) groups excluding carboxylic acids is 1. The lowest BCUT2D eigenvalue weighted by atomic mass is 10.1. The molecule has 0 aliphatic heterocycles. The van der Waals surface area contributed by atoms with E-state index in [1.54, 1.807) is 0 Å². The monoisotopic (exact) mass is 298 g/mol. The summed E-state index contributed by atoms with van der Waals surface area (Å²) in [5.41, 5.74) is 4.30. The zero-order chi connectivity index (χ0) is 16.1. The first-order valence-electron chi connectivity index (χ1n) is 8.01. The predicted octanol–water partition coefficient (Wildman–Crippen LogP) is 4.05. The first kappa shape index (κ1) is 16.3. The van der Waals surface area contributed by atoms with Gasteiger partial charge in [0.25, 0.3) is 5.91 Å². The molecule has 0 aliphatic rings. The molecule has 2 rings (SSSR count). The van der Waals surface area contributed by atoms with Gasteiger partial charge in [0.05, 0.1) is 5.56 Å². The van der Waals surface area contributed by atoms with Gasteiger partial charge in [-0.2, -0.15) is 0 Å². The van der Waals surface area contributed by atoms with Gasteiger partial charge in [-0.05, 0) is 52.2 Å². The molecule has 1 amide bonds. The number of hydrogen-bond acceptors (Lipinski definition) is 1. The zero-order valence-corrected chi connectivity index (χ0v) is 14.0. The van der Waals surface area contributed by atoms with Crippen molar-refractivity contribution in [2.24, 2.45) is 0 Å². The van der Waals surface area contributed by atoms with Crippen molar-refractivity contribution in [1.29, 1.82) is 0 Å². The first-order chi connectivity index (χ1) is 10.5. The second-order valence-corrected chi connectivity index (χ2v) is 6.09. The lowest BCUT2D eigenvalue weighted by molar-refractivity contribution is 0.0952. The number of amides is 1. The molecule has 1 heterocycles. The van der Waals surface area contributed by atoms with Crippen LogP contribution in [0.1, 0.15) is 53.6 Å². The number of rotatable bonds is 6. The SMILES string of the molecule is Cc1cc(C(=O)NCCCc2ccccc2)c(C)n1C(C)C. The van der Waals surface area contributed by atoms with Crippen LogP contribution < -0.4 is 5.32 Å². The lowest BCUT2D eigenvalue weighted by Gasteiger charge is -2.13. The third-order valence-corrected chi connectivity index (χ3v) is 4.02. The van der Waals surface area contributed by atoms with E-state index in [0.717, 1.165) is 29.8 Å². The number of benzene rings is 1. The minimum Gasteiger partial charge on any atom is -0.352 e. The highest BCUT2D eigenvalue weighted by Crippen LogP contribution is 2.19. The second-order valence-electron chi connectivity index (χ2n) is 6.09. The topological polar surface area (TPSA) is 34.0 Å². The summed E-state index contributed by atoms with van der Waals surface area (Å²) in [6, 6.07) is 12.7. The Morgan fingerprint density at radius 3 is 2.45 bits per heavy atom. The van der Waals surface area contributed by atoms with Crippen LogP contribution in [0.15, 0.2) is 36.4 Å². The van der Waals surface area contributed by atoms with E-state index in [2.05, 4.69) is 54.9 Å². The summed E-state index contributed by atoms with van der Waals surface area (Å²) in [5, 5.41) is 3.04. The van der Waals surface area contributed by atoms with E-state index < -0.39 is 0 Å². The van der Waals surface area contributed by atoms with Crippen molar-refractivity contribution < 1.29 is 4.79 Å². The second kappa shape index (κ2) is 7.30. The molecular formula is C19H26N2O. The van der Waals surface area contributed by atoms with E-state index in [1.807, 2.05) is 19.1 Å². The molecule has 0 unspecified atom stereocenters. The Kier molecular flexibility index (Phi) is 5.42. The minimum absolute atomic E-state index is 0.0352. The Hall–Kier alpha value is -2.03. The maximum atomic E-state index is 12.3. The molecule has 1 aromatic heterocycles. The molecule has 0 atom stereocenters. The van der Waals surface area contributed by atoms with E-state index >= 15 is 0 Å². The Bertz CT molecular complexity index is 626. The quantitative estimate of drug-likeness (QED) is 0.802. The molecule has 0 saturated heterocycles. The van der Waals surface area contributed by atoms with Crippen molar-refractivity contribution in [2.75, 3.05) is 6.54 Å². The van der Waals surface area contributed by atoms with Crippen molar-refractivity contribution in [3.63, 3.8) is 0 Å². The lowest BCUT2D eigenvalue weighted by Crippen LogP contribution is -2.25. The van der Waals surface area contributed by atoms with Crippen LogP contribution in [0, 0.1) is 13.8 Å². The summed E-state index contributed by atoms with van der Waals surface area (Å²) in [7, 11) is 0. The normalized spacial score (nSPS) is 11.0. The van der Waals surface area contributed by atoms with Crippen LogP contribution in [0.25, 0.3) is 0 Å². The van der Waals surface area contributed by atoms with Gasteiger partial charge < -0.3 is 9.88 Å². The average molecular weight is 298 g/mol. The van der Waals surface area contributed by atoms with Crippen LogP contribution in [0.3, 0.4) is 0 Å². The molecule has 0 radical (unpaired) electrons. The number of aromatic nitrogens is 1. The van der Waals surface area contributed by atoms with Gasteiger partial charge in [0.1, 0.15) is 0 Å². The van der Waals surface area contributed by atoms with Gasteiger partial charge in [0.15, 0.2) is 0 Å². The molecule has 1 aromatic carbocycles. The van der Waals surface area contributed by atoms with Crippen LogP contribution in [-0.4, -0.2) is 17.0 Å². The maximum absolute atomic E-state index is 12.3. The third kappa shape index (κ3) is 3.79. The van der Waals surface area contributed by atoms with Crippen LogP contribution in [-0.2, 0) is 6.42 Å². The van der Waals surface area contributed by atoms with Crippen molar-refractivity contribution >= 4 is 5.91 Å². The Morgan fingerprint density at radius 2 is 1.86 bits per heavy atom. The summed E-state index contributed by atoms with van der Waals surface area (Å²) < 4.78 is 2.21. The van der Waals surface area contributed by atoms with E-state index in [9.17, 15) is 4.79 Å². The van der Waals surface area contributed by atoms with Crippen molar-refractivity contribution in [3.05, 3.63) is 58.9 Å². The van der Waals surface area contributed by atoms with E-state index in [4.69, 9.17) is 0 Å². The number of carbonyl (C=O) groups is 1. The van der Waals surface area contributed by atoms with Gasteiger partial charge in [0, 0.05) is 24.0 Å². The summed E-state index contributed by atoms with van der Waals surface area (Å²) in [5.74, 6) is 0.0352. The zero-order valence-electron chi connectivity index (χ0n) is 14.0. The smallest absolute Gasteiger partial charge is 0.253 e. The molecule has 0 fully saturated rings. The highest BCUT2D eigenvalue weighted by molar-refractivity contribution is 5.95. The molecule has 118 valence electrons. The van der Waals surface area contributed by atoms with Gasteiger partial charge in [-0.1, -0.05) is 30.3 Å².